The molecule has 3 aromatic heterocycles. The lowest BCUT2D eigenvalue weighted by Crippen LogP contribution is -2.37. The molecule has 0 N–H and O–H groups in total. The Morgan fingerprint density at radius 3 is 2.54 bits per heavy atom. The topological polar surface area (TPSA) is 71.1 Å². The first-order valence-electron chi connectivity index (χ1n) is 9.19. The van der Waals surface area contributed by atoms with Gasteiger partial charge in [-0.05, 0) is 30.7 Å². The van der Waals surface area contributed by atoms with Gasteiger partial charge in [0, 0.05) is 32.4 Å². The van der Waals surface area contributed by atoms with Crippen molar-refractivity contribution in [2.45, 2.75) is 6.42 Å². The van der Waals surface area contributed by atoms with Gasteiger partial charge in [0.1, 0.15) is 5.69 Å². The van der Waals surface area contributed by atoms with Crippen LogP contribution in [0.1, 0.15) is 27.5 Å². The lowest BCUT2D eigenvalue weighted by atomic mass is 10.3. The molecule has 1 saturated heterocycles. The second-order valence-electron chi connectivity index (χ2n) is 6.76. The van der Waals surface area contributed by atoms with Crippen molar-refractivity contribution in [1.82, 2.24) is 19.2 Å². The SMILES string of the molecule is O=C(c1cn2c(n1)sc1ccccc12)N1CCCN(C(=O)c2ccco2)CC1. The molecule has 4 heterocycles. The van der Waals surface area contributed by atoms with Crippen LogP contribution in [0.4, 0.5) is 0 Å². The third kappa shape index (κ3) is 2.86. The van der Waals surface area contributed by atoms with E-state index >= 15 is 0 Å². The van der Waals surface area contributed by atoms with E-state index in [1.54, 1.807) is 33.3 Å². The van der Waals surface area contributed by atoms with Crippen LogP contribution in [-0.4, -0.2) is 57.2 Å². The zero-order valence-electron chi connectivity index (χ0n) is 15.1. The van der Waals surface area contributed by atoms with E-state index in [-0.39, 0.29) is 11.8 Å². The van der Waals surface area contributed by atoms with Gasteiger partial charge in [-0.2, -0.15) is 0 Å². The lowest BCUT2D eigenvalue weighted by Gasteiger charge is -2.20. The van der Waals surface area contributed by atoms with Crippen molar-refractivity contribution >= 4 is 38.3 Å². The number of fused-ring (bicyclic) bond motifs is 3. The van der Waals surface area contributed by atoms with Crippen LogP contribution in [0.2, 0.25) is 0 Å². The number of benzene rings is 1. The number of amides is 2. The summed E-state index contributed by atoms with van der Waals surface area (Å²) < 4.78 is 8.32. The number of furan rings is 1. The average Bonchev–Trinajstić information content (AvgIpc) is 3.40. The standard InChI is InChI=1S/C20H18N4O3S/c25-18(14-13-24-15-5-1-2-7-17(15)28-20(24)21-14)22-8-4-9-23(11-10-22)19(26)16-6-3-12-27-16/h1-3,5-7,12-13H,4,8-11H2. The van der Waals surface area contributed by atoms with Gasteiger partial charge in [-0.3, -0.25) is 14.0 Å². The molecule has 28 heavy (non-hydrogen) atoms. The van der Waals surface area contributed by atoms with Gasteiger partial charge >= 0.3 is 0 Å². The van der Waals surface area contributed by atoms with Gasteiger partial charge in [0.2, 0.25) is 0 Å². The van der Waals surface area contributed by atoms with E-state index in [0.29, 0.717) is 37.6 Å². The van der Waals surface area contributed by atoms with Crippen LogP contribution in [0, 0.1) is 0 Å². The number of carbonyl (C=O) groups is 2. The summed E-state index contributed by atoms with van der Waals surface area (Å²) in [6.07, 6.45) is 4.03. The minimum absolute atomic E-state index is 0.0905. The number of hydrogen-bond acceptors (Lipinski definition) is 5. The van der Waals surface area contributed by atoms with E-state index in [1.165, 1.54) is 6.26 Å². The summed E-state index contributed by atoms with van der Waals surface area (Å²) in [5, 5.41) is 0. The Morgan fingerprint density at radius 2 is 1.75 bits per heavy atom. The maximum absolute atomic E-state index is 13.0. The maximum atomic E-state index is 13.0. The number of para-hydroxylation sites is 1. The van der Waals surface area contributed by atoms with Gasteiger partial charge in [0.25, 0.3) is 11.8 Å². The minimum atomic E-state index is -0.131. The molecule has 5 rings (SSSR count). The Morgan fingerprint density at radius 1 is 0.964 bits per heavy atom. The van der Waals surface area contributed by atoms with E-state index in [1.807, 2.05) is 28.8 Å². The largest absolute Gasteiger partial charge is 0.459 e. The highest BCUT2D eigenvalue weighted by molar-refractivity contribution is 7.23. The summed E-state index contributed by atoms with van der Waals surface area (Å²) >= 11 is 1.57. The van der Waals surface area contributed by atoms with Crippen molar-refractivity contribution in [1.29, 1.82) is 0 Å². The summed E-state index contributed by atoms with van der Waals surface area (Å²) in [7, 11) is 0. The molecule has 0 bridgehead atoms. The monoisotopic (exact) mass is 394 g/mol. The molecule has 0 radical (unpaired) electrons. The molecular formula is C20H18N4O3S. The van der Waals surface area contributed by atoms with Crippen molar-refractivity contribution in [2.24, 2.45) is 0 Å². The smallest absolute Gasteiger partial charge is 0.289 e. The van der Waals surface area contributed by atoms with Crippen molar-refractivity contribution in [3.8, 4) is 0 Å². The Kier molecular flexibility index (Phi) is 4.12. The molecular weight excluding hydrogens is 376 g/mol. The number of thiazole rings is 1. The highest BCUT2D eigenvalue weighted by atomic mass is 32.1. The van der Waals surface area contributed by atoms with Crippen molar-refractivity contribution < 1.29 is 14.0 Å². The second kappa shape index (κ2) is 6.79. The molecule has 1 aliphatic heterocycles. The zero-order valence-corrected chi connectivity index (χ0v) is 15.9. The Hall–Kier alpha value is -3.13. The van der Waals surface area contributed by atoms with E-state index in [4.69, 9.17) is 4.42 Å². The highest BCUT2D eigenvalue weighted by Crippen LogP contribution is 2.26. The van der Waals surface area contributed by atoms with Crippen LogP contribution in [-0.2, 0) is 0 Å². The van der Waals surface area contributed by atoms with Gasteiger partial charge in [-0.15, -0.1) is 0 Å². The summed E-state index contributed by atoms with van der Waals surface area (Å²) in [5.41, 5.74) is 1.50. The molecule has 142 valence electrons. The average molecular weight is 394 g/mol. The maximum Gasteiger partial charge on any atom is 0.289 e. The third-order valence-electron chi connectivity index (χ3n) is 5.02. The van der Waals surface area contributed by atoms with E-state index in [9.17, 15) is 9.59 Å². The van der Waals surface area contributed by atoms with Gasteiger partial charge < -0.3 is 14.2 Å². The van der Waals surface area contributed by atoms with Crippen LogP contribution in [0.3, 0.4) is 0 Å². The molecule has 0 atom stereocenters. The number of hydrogen-bond donors (Lipinski definition) is 0. The molecule has 4 aromatic rings. The predicted octanol–water partition coefficient (Wildman–Crippen LogP) is 3.13. The van der Waals surface area contributed by atoms with E-state index in [2.05, 4.69) is 11.1 Å². The third-order valence-corrected chi connectivity index (χ3v) is 6.06. The molecule has 0 saturated carbocycles. The van der Waals surface area contributed by atoms with Crippen LogP contribution >= 0.6 is 11.3 Å². The quantitative estimate of drug-likeness (QED) is 0.524. The Bertz CT molecular complexity index is 1160. The van der Waals surface area contributed by atoms with E-state index in [0.717, 1.165) is 21.6 Å². The number of nitrogens with zero attached hydrogens (tertiary/aromatic N) is 4. The first-order valence-corrected chi connectivity index (χ1v) is 10.0. The fourth-order valence-corrected chi connectivity index (χ4v) is 4.60. The molecule has 1 aromatic carbocycles. The van der Waals surface area contributed by atoms with Crippen molar-refractivity contribution in [3.05, 3.63) is 60.3 Å². The summed E-state index contributed by atoms with van der Waals surface area (Å²) in [4.78, 5) is 34.4. The number of aromatic nitrogens is 2. The van der Waals surface area contributed by atoms with Gasteiger partial charge in [-0.25, -0.2) is 4.98 Å². The van der Waals surface area contributed by atoms with Crippen LogP contribution in [0.15, 0.2) is 53.3 Å². The molecule has 0 spiro atoms. The molecule has 8 heteroatoms. The predicted molar refractivity (Wildman–Crippen MR) is 106 cm³/mol. The fourth-order valence-electron chi connectivity index (χ4n) is 3.59. The zero-order chi connectivity index (χ0) is 19.1. The van der Waals surface area contributed by atoms with Crippen LogP contribution in [0.5, 0.6) is 0 Å². The first-order chi connectivity index (χ1) is 13.7. The van der Waals surface area contributed by atoms with Crippen molar-refractivity contribution in [3.63, 3.8) is 0 Å². The Balaban J connectivity index is 1.34. The minimum Gasteiger partial charge on any atom is -0.459 e. The molecule has 1 aliphatic rings. The summed E-state index contributed by atoms with van der Waals surface area (Å²) in [5.74, 6) is 0.113. The Labute approximate surface area is 164 Å². The summed E-state index contributed by atoms with van der Waals surface area (Å²) in [6.45, 7) is 2.17. The normalized spacial score (nSPS) is 15.3. The molecule has 0 unspecified atom stereocenters. The lowest BCUT2D eigenvalue weighted by molar-refractivity contribution is 0.0698. The second-order valence-corrected chi connectivity index (χ2v) is 7.77. The molecule has 0 aliphatic carbocycles. The van der Waals surface area contributed by atoms with Crippen LogP contribution in [0.25, 0.3) is 15.2 Å². The highest BCUT2D eigenvalue weighted by Gasteiger charge is 2.26. The number of imidazole rings is 1. The molecule has 2 amide bonds. The first kappa shape index (κ1) is 17.0. The van der Waals surface area contributed by atoms with Gasteiger partial charge in [0.05, 0.1) is 16.5 Å². The van der Waals surface area contributed by atoms with E-state index < -0.39 is 0 Å². The van der Waals surface area contributed by atoms with Crippen molar-refractivity contribution in [2.75, 3.05) is 26.2 Å². The fraction of sp³-hybridized carbons (Fsp3) is 0.250. The van der Waals surface area contributed by atoms with Gasteiger partial charge in [-0.1, -0.05) is 23.5 Å². The molecule has 7 nitrogen and oxygen atoms in total. The molecule has 1 fully saturated rings. The number of carbonyl (C=O) groups excluding carboxylic acids is 2. The summed E-state index contributed by atoms with van der Waals surface area (Å²) in [6, 6.07) is 11.4. The van der Waals surface area contributed by atoms with Crippen LogP contribution < -0.4 is 0 Å². The number of rotatable bonds is 2. The van der Waals surface area contributed by atoms with Gasteiger partial charge in [0.15, 0.2) is 10.7 Å².